The normalized spacial score (nSPS) is 19.6. The third-order valence-corrected chi connectivity index (χ3v) is 6.58. The molecule has 3 aliphatic heterocycles. The first kappa shape index (κ1) is 25.2. The van der Waals surface area contributed by atoms with Gasteiger partial charge in [-0.25, -0.2) is 9.18 Å². The number of halogens is 4. The minimum Gasteiger partial charge on any atom is -0.444 e. The molecule has 10 heteroatoms. The van der Waals surface area contributed by atoms with Crippen LogP contribution >= 0.6 is 0 Å². The summed E-state index contributed by atoms with van der Waals surface area (Å²) in [7, 11) is 0. The van der Waals surface area contributed by atoms with Crippen molar-refractivity contribution in [1.29, 1.82) is 0 Å². The van der Waals surface area contributed by atoms with Crippen molar-refractivity contribution in [3.05, 3.63) is 46.3 Å². The highest BCUT2D eigenvalue weighted by Gasteiger charge is 2.40. The van der Waals surface area contributed by atoms with Crippen molar-refractivity contribution in [1.82, 2.24) is 9.80 Å². The Morgan fingerprint density at radius 3 is 2.37 bits per heavy atom. The summed E-state index contributed by atoms with van der Waals surface area (Å²) in [5, 5.41) is 0. The molecule has 0 N–H and O–H groups in total. The lowest BCUT2D eigenvalue weighted by molar-refractivity contribution is -0.141. The Balaban J connectivity index is 1.42. The number of carbonyl (C=O) groups is 2. The van der Waals surface area contributed by atoms with Crippen molar-refractivity contribution >= 4 is 17.7 Å². The monoisotopic (exact) mass is 495 g/mol. The number of nitrogens with zero attached hydrogens (tertiary/aromatic N) is 3. The SMILES string of the molecule is CC(C)(C)OC(=O)N1CCC2=C(C1)C(C(=O)N1CCC(c3cccc(F)c3C(F)(F)F)CC1)=NC2. The van der Waals surface area contributed by atoms with E-state index in [4.69, 9.17) is 4.74 Å². The maximum atomic E-state index is 14.0. The van der Waals surface area contributed by atoms with Gasteiger partial charge in [-0.15, -0.1) is 0 Å². The van der Waals surface area contributed by atoms with Crippen LogP contribution in [-0.2, 0) is 15.7 Å². The van der Waals surface area contributed by atoms with Crippen LogP contribution in [0.25, 0.3) is 0 Å². The zero-order valence-corrected chi connectivity index (χ0v) is 20.0. The summed E-state index contributed by atoms with van der Waals surface area (Å²) in [6.07, 6.45) is -4.03. The van der Waals surface area contributed by atoms with Crippen molar-refractivity contribution in [3.63, 3.8) is 0 Å². The Labute approximate surface area is 201 Å². The molecule has 0 spiro atoms. The number of piperidine rings is 1. The van der Waals surface area contributed by atoms with Crippen molar-refractivity contribution in [2.75, 3.05) is 32.7 Å². The van der Waals surface area contributed by atoms with Crippen LogP contribution in [0.4, 0.5) is 22.4 Å². The van der Waals surface area contributed by atoms with Gasteiger partial charge < -0.3 is 14.5 Å². The largest absolute Gasteiger partial charge is 0.444 e. The topological polar surface area (TPSA) is 62.2 Å². The van der Waals surface area contributed by atoms with Crippen LogP contribution in [0.3, 0.4) is 0 Å². The molecular formula is C25H29F4N3O3. The number of hydrogen-bond donors (Lipinski definition) is 0. The van der Waals surface area contributed by atoms with E-state index < -0.39 is 35.2 Å². The first-order valence-corrected chi connectivity index (χ1v) is 11.7. The van der Waals surface area contributed by atoms with E-state index in [0.29, 0.717) is 38.1 Å². The molecule has 3 heterocycles. The van der Waals surface area contributed by atoms with Gasteiger partial charge in [-0.05, 0) is 63.2 Å². The Hall–Kier alpha value is -2.91. The average Bonchev–Trinajstić information content (AvgIpc) is 3.20. The van der Waals surface area contributed by atoms with Gasteiger partial charge in [0.1, 0.15) is 17.1 Å². The summed E-state index contributed by atoms with van der Waals surface area (Å²) in [6.45, 7) is 7.00. The number of amides is 2. The number of alkyl halides is 3. The number of likely N-dealkylation sites (tertiary alicyclic amines) is 1. The van der Waals surface area contributed by atoms with Gasteiger partial charge in [0.25, 0.3) is 5.91 Å². The Bertz CT molecular complexity index is 1080. The fourth-order valence-corrected chi connectivity index (χ4v) is 4.89. The molecule has 1 aromatic rings. The molecule has 4 rings (SSSR count). The molecule has 35 heavy (non-hydrogen) atoms. The molecule has 1 aromatic carbocycles. The highest BCUT2D eigenvalue weighted by Crippen LogP contribution is 2.40. The van der Waals surface area contributed by atoms with Crippen LogP contribution in [-0.4, -0.2) is 65.8 Å². The molecule has 1 fully saturated rings. The van der Waals surface area contributed by atoms with E-state index in [2.05, 4.69) is 4.99 Å². The molecule has 6 nitrogen and oxygen atoms in total. The van der Waals surface area contributed by atoms with Gasteiger partial charge in [0.05, 0.1) is 18.7 Å². The molecule has 0 atom stereocenters. The molecule has 2 amide bonds. The summed E-state index contributed by atoms with van der Waals surface area (Å²) in [5.41, 5.74) is 0.161. The molecule has 0 radical (unpaired) electrons. The summed E-state index contributed by atoms with van der Waals surface area (Å²) in [5.74, 6) is -2.06. The molecule has 0 aliphatic carbocycles. The minimum absolute atomic E-state index is 0.0620. The second kappa shape index (κ2) is 9.28. The molecule has 190 valence electrons. The van der Waals surface area contributed by atoms with Crippen molar-refractivity contribution < 1.29 is 31.9 Å². The van der Waals surface area contributed by atoms with E-state index in [1.165, 1.54) is 12.1 Å². The van der Waals surface area contributed by atoms with Gasteiger partial charge >= 0.3 is 12.3 Å². The van der Waals surface area contributed by atoms with Gasteiger partial charge in [-0.1, -0.05) is 12.1 Å². The molecule has 3 aliphatic rings. The van der Waals surface area contributed by atoms with Crippen molar-refractivity contribution in [3.8, 4) is 0 Å². The number of ether oxygens (including phenoxy) is 1. The lowest BCUT2D eigenvalue weighted by Crippen LogP contribution is -2.45. The van der Waals surface area contributed by atoms with Gasteiger partial charge in [-0.2, -0.15) is 13.2 Å². The fraction of sp³-hybridized carbons (Fsp3) is 0.560. The Kier molecular flexibility index (Phi) is 6.68. The molecule has 0 bridgehead atoms. The molecule has 0 unspecified atom stereocenters. The number of aliphatic imine (C=N–C) groups is 1. The van der Waals surface area contributed by atoms with E-state index in [-0.39, 0.29) is 31.1 Å². The van der Waals surface area contributed by atoms with Crippen molar-refractivity contribution in [2.45, 2.75) is 57.7 Å². The Morgan fingerprint density at radius 1 is 1.06 bits per heavy atom. The van der Waals surface area contributed by atoms with Crippen LogP contribution < -0.4 is 0 Å². The number of carbonyl (C=O) groups excluding carboxylic acids is 2. The first-order valence-electron chi connectivity index (χ1n) is 11.7. The number of hydrogen-bond acceptors (Lipinski definition) is 4. The average molecular weight is 496 g/mol. The first-order chi connectivity index (χ1) is 16.3. The maximum absolute atomic E-state index is 14.0. The highest BCUT2D eigenvalue weighted by atomic mass is 19.4. The quantitative estimate of drug-likeness (QED) is 0.546. The van der Waals surface area contributed by atoms with Gasteiger partial charge in [-0.3, -0.25) is 9.79 Å². The second-order valence-corrected chi connectivity index (χ2v) is 10.2. The second-order valence-electron chi connectivity index (χ2n) is 10.2. The summed E-state index contributed by atoms with van der Waals surface area (Å²) in [4.78, 5) is 33.4. The summed E-state index contributed by atoms with van der Waals surface area (Å²) < 4.78 is 59.8. The van der Waals surface area contributed by atoms with Crippen LogP contribution in [0, 0.1) is 5.82 Å². The van der Waals surface area contributed by atoms with Crippen LogP contribution in [0.1, 0.15) is 57.1 Å². The lowest BCUT2D eigenvalue weighted by Gasteiger charge is -2.34. The van der Waals surface area contributed by atoms with E-state index in [9.17, 15) is 27.2 Å². The van der Waals surface area contributed by atoms with Gasteiger partial charge in [0.15, 0.2) is 0 Å². The van der Waals surface area contributed by atoms with Gasteiger partial charge in [0.2, 0.25) is 0 Å². The third kappa shape index (κ3) is 5.36. The van der Waals surface area contributed by atoms with Crippen LogP contribution in [0.15, 0.2) is 34.3 Å². The highest BCUT2D eigenvalue weighted by molar-refractivity contribution is 6.46. The molecule has 1 saturated heterocycles. The van der Waals surface area contributed by atoms with Crippen LogP contribution in [0.2, 0.25) is 0 Å². The Morgan fingerprint density at radius 2 is 1.74 bits per heavy atom. The van der Waals surface area contributed by atoms with E-state index in [0.717, 1.165) is 17.2 Å². The summed E-state index contributed by atoms with van der Waals surface area (Å²) >= 11 is 0. The van der Waals surface area contributed by atoms with E-state index >= 15 is 0 Å². The third-order valence-electron chi connectivity index (χ3n) is 6.58. The predicted octanol–water partition coefficient (Wildman–Crippen LogP) is 4.94. The predicted molar refractivity (Wildman–Crippen MR) is 122 cm³/mol. The van der Waals surface area contributed by atoms with Crippen molar-refractivity contribution in [2.24, 2.45) is 4.99 Å². The standard InChI is InChI=1S/C25H29F4N3O3/c1-24(2,3)35-23(34)32-12-9-16-13-30-21(18(16)14-32)22(33)31-10-7-15(8-11-31)17-5-4-6-19(26)20(17)25(27,28)29/h4-6,15H,7-14H2,1-3H3. The zero-order valence-electron chi connectivity index (χ0n) is 20.0. The molecule has 0 saturated carbocycles. The summed E-state index contributed by atoms with van der Waals surface area (Å²) in [6, 6.07) is 3.43. The number of rotatable bonds is 2. The lowest BCUT2D eigenvalue weighted by atomic mass is 9.85. The minimum atomic E-state index is -4.78. The zero-order chi connectivity index (χ0) is 25.5. The molecular weight excluding hydrogens is 466 g/mol. The molecule has 0 aromatic heterocycles. The van der Waals surface area contributed by atoms with Gasteiger partial charge in [0, 0.05) is 25.2 Å². The van der Waals surface area contributed by atoms with E-state index in [1.807, 2.05) is 0 Å². The smallest absolute Gasteiger partial charge is 0.419 e. The number of benzene rings is 1. The van der Waals surface area contributed by atoms with E-state index in [1.54, 1.807) is 30.6 Å². The van der Waals surface area contributed by atoms with Crippen LogP contribution in [0.5, 0.6) is 0 Å². The maximum Gasteiger partial charge on any atom is 0.419 e. The fourth-order valence-electron chi connectivity index (χ4n) is 4.89.